The van der Waals surface area contributed by atoms with Crippen molar-refractivity contribution in [2.75, 3.05) is 7.11 Å². The Labute approximate surface area is 118 Å². The molecule has 0 aliphatic rings. The average Bonchev–Trinajstić information content (AvgIpc) is 2.43. The normalized spacial score (nSPS) is 11.9. The van der Waals surface area contributed by atoms with Crippen molar-refractivity contribution < 1.29 is 19.4 Å². The third kappa shape index (κ3) is 5.84. The highest BCUT2D eigenvalue weighted by Gasteiger charge is 2.09. The first-order chi connectivity index (χ1) is 9.52. The monoisotopic (exact) mass is 279 g/mol. The van der Waals surface area contributed by atoms with Gasteiger partial charge < -0.3 is 15.2 Å². The molecule has 20 heavy (non-hydrogen) atoms. The van der Waals surface area contributed by atoms with Crippen molar-refractivity contribution in [3.63, 3.8) is 0 Å². The lowest BCUT2D eigenvalue weighted by Crippen LogP contribution is -2.24. The van der Waals surface area contributed by atoms with Gasteiger partial charge in [-0.1, -0.05) is 24.3 Å². The number of carbonyl (C=O) groups is 2. The number of benzene rings is 1. The van der Waals surface area contributed by atoms with E-state index in [1.807, 2.05) is 19.1 Å². The van der Waals surface area contributed by atoms with Crippen molar-refractivity contribution in [3.8, 4) is 0 Å². The Morgan fingerprint density at radius 2 is 1.95 bits per heavy atom. The van der Waals surface area contributed by atoms with E-state index >= 15 is 0 Å². The van der Waals surface area contributed by atoms with Gasteiger partial charge in [-0.2, -0.15) is 0 Å². The summed E-state index contributed by atoms with van der Waals surface area (Å²) in [6, 6.07) is 7.22. The van der Waals surface area contributed by atoms with E-state index in [0.717, 1.165) is 11.1 Å². The molecular formula is C15H21NO4. The molecule has 0 radical (unpaired) electrons. The van der Waals surface area contributed by atoms with Gasteiger partial charge in [0, 0.05) is 20.1 Å². The van der Waals surface area contributed by atoms with Gasteiger partial charge >= 0.3 is 5.97 Å². The van der Waals surface area contributed by atoms with Crippen molar-refractivity contribution in [2.24, 2.45) is 0 Å². The van der Waals surface area contributed by atoms with E-state index in [-0.39, 0.29) is 18.4 Å². The van der Waals surface area contributed by atoms with Crippen LogP contribution in [0, 0.1) is 0 Å². The van der Waals surface area contributed by atoms with Crippen LogP contribution in [0.15, 0.2) is 24.3 Å². The molecule has 0 bridgehead atoms. The van der Waals surface area contributed by atoms with Gasteiger partial charge in [0.25, 0.3) is 0 Å². The van der Waals surface area contributed by atoms with Crippen LogP contribution in [0.2, 0.25) is 0 Å². The molecule has 0 saturated heterocycles. The maximum atomic E-state index is 11.7. The molecule has 0 saturated carbocycles. The van der Waals surface area contributed by atoms with Crippen molar-refractivity contribution in [2.45, 2.75) is 38.8 Å². The highest BCUT2D eigenvalue weighted by molar-refractivity contribution is 5.76. The van der Waals surface area contributed by atoms with Crippen LogP contribution in [0.3, 0.4) is 0 Å². The number of hydrogen-bond acceptors (Lipinski definition) is 3. The standard InChI is InChI=1S/C15H21NO4/c1-11(20-2)7-8-14(17)16-10-13-6-4-3-5-12(13)9-15(18)19/h3-6,11H,7-10H2,1-2H3,(H,16,17)(H,18,19). The third-order valence-electron chi connectivity index (χ3n) is 3.12. The quantitative estimate of drug-likeness (QED) is 0.760. The van der Waals surface area contributed by atoms with Crippen LogP contribution in [-0.4, -0.2) is 30.2 Å². The summed E-state index contributed by atoms with van der Waals surface area (Å²) >= 11 is 0. The topological polar surface area (TPSA) is 75.6 Å². The predicted molar refractivity (Wildman–Crippen MR) is 75.3 cm³/mol. The summed E-state index contributed by atoms with van der Waals surface area (Å²) < 4.78 is 5.08. The number of carboxylic acids is 1. The van der Waals surface area contributed by atoms with Gasteiger partial charge in [-0.25, -0.2) is 0 Å². The Morgan fingerprint density at radius 3 is 2.55 bits per heavy atom. The first-order valence-corrected chi connectivity index (χ1v) is 6.61. The Balaban J connectivity index is 2.48. The van der Waals surface area contributed by atoms with Gasteiger partial charge in [0.1, 0.15) is 0 Å². The van der Waals surface area contributed by atoms with Gasteiger partial charge in [0.05, 0.1) is 12.5 Å². The van der Waals surface area contributed by atoms with Crippen LogP contribution in [0.1, 0.15) is 30.9 Å². The molecule has 1 unspecified atom stereocenters. The van der Waals surface area contributed by atoms with Crippen LogP contribution in [0.4, 0.5) is 0 Å². The van der Waals surface area contributed by atoms with Gasteiger partial charge in [-0.15, -0.1) is 0 Å². The molecule has 5 nitrogen and oxygen atoms in total. The van der Waals surface area contributed by atoms with Crippen LogP contribution in [0.25, 0.3) is 0 Å². The van der Waals surface area contributed by atoms with Crippen LogP contribution in [-0.2, 0) is 27.3 Å². The van der Waals surface area contributed by atoms with Gasteiger partial charge in [0.15, 0.2) is 0 Å². The molecule has 1 rings (SSSR count). The second kappa shape index (κ2) is 8.32. The molecule has 2 N–H and O–H groups in total. The summed E-state index contributed by atoms with van der Waals surface area (Å²) in [6.07, 6.45) is 1.09. The summed E-state index contributed by atoms with van der Waals surface area (Å²) in [5.41, 5.74) is 1.56. The molecule has 1 aromatic carbocycles. The van der Waals surface area contributed by atoms with Gasteiger partial charge in [-0.05, 0) is 24.5 Å². The number of carbonyl (C=O) groups excluding carboxylic acids is 1. The molecule has 1 amide bonds. The number of hydrogen-bond donors (Lipinski definition) is 2. The van der Waals surface area contributed by atoms with E-state index in [0.29, 0.717) is 19.4 Å². The van der Waals surface area contributed by atoms with Crippen molar-refractivity contribution in [3.05, 3.63) is 35.4 Å². The summed E-state index contributed by atoms with van der Waals surface area (Å²) in [7, 11) is 1.62. The second-order valence-corrected chi connectivity index (χ2v) is 4.70. The second-order valence-electron chi connectivity index (χ2n) is 4.70. The van der Waals surface area contributed by atoms with E-state index < -0.39 is 5.97 Å². The minimum atomic E-state index is -0.877. The fourth-order valence-electron chi connectivity index (χ4n) is 1.80. The number of rotatable bonds is 8. The average molecular weight is 279 g/mol. The van der Waals surface area contributed by atoms with Crippen LogP contribution >= 0.6 is 0 Å². The summed E-state index contributed by atoms with van der Waals surface area (Å²) in [5.74, 6) is -0.934. The summed E-state index contributed by atoms with van der Waals surface area (Å²) in [6.45, 7) is 2.26. The van der Waals surface area contributed by atoms with Crippen molar-refractivity contribution in [1.29, 1.82) is 0 Å². The molecule has 5 heteroatoms. The number of ether oxygens (including phenoxy) is 1. The fraction of sp³-hybridized carbons (Fsp3) is 0.467. The van der Waals surface area contributed by atoms with Crippen molar-refractivity contribution in [1.82, 2.24) is 5.32 Å². The highest BCUT2D eigenvalue weighted by Crippen LogP contribution is 2.10. The molecule has 110 valence electrons. The van der Waals surface area contributed by atoms with Crippen LogP contribution in [0.5, 0.6) is 0 Å². The zero-order valence-corrected chi connectivity index (χ0v) is 11.9. The fourth-order valence-corrected chi connectivity index (χ4v) is 1.80. The van der Waals surface area contributed by atoms with Crippen LogP contribution < -0.4 is 5.32 Å². The molecule has 1 atom stereocenters. The largest absolute Gasteiger partial charge is 0.481 e. The molecule has 1 aromatic rings. The van der Waals surface area contributed by atoms with E-state index in [2.05, 4.69) is 5.32 Å². The first kappa shape index (κ1) is 16.2. The lowest BCUT2D eigenvalue weighted by Gasteiger charge is -2.11. The highest BCUT2D eigenvalue weighted by atomic mass is 16.5. The Bertz CT molecular complexity index is 459. The number of carboxylic acid groups (broad SMARTS) is 1. The molecule has 0 aromatic heterocycles. The third-order valence-corrected chi connectivity index (χ3v) is 3.12. The molecule has 0 fully saturated rings. The molecule has 0 spiro atoms. The smallest absolute Gasteiger partial charge is 0.307 e. The Kier molecular flexibility index (Phi) is 6.73. The predicted octanol–water partition coefficient (Wildman–Crippen LogP) is 1.74. The molecule has 0 aliphatic heterocycles. The van der Waals surface area contributed by atoms with E-state index in [1.165, 1.54) is 0 Å². The maximum Gasteiger partial charge on any atom is 0.307 e. The molecular weight excluding hydrogens is 258 g/mol. The Hall–Kier alpha value is -1.88. The van der Waals surface area contributed by atoms with E-state index in [9.17, 15) is 9.59 Å². The number of amides is 1. The number of nitrogens with one attached hydrogen (secondary N) is 1. The lowest BCUT2D eigenvalue weighted by molar-refractivity contribution is -0.136. The van der Waals surface area contributed by atoms with E-state index in [1.54, 1.807) is 19.2 Å². The zero-order chi connectivity index (χ0) is 15.0. The zero-order valence-electron chi connectivity index (χ0n) is 11.9. The summed E-state index contributed by atoms with van der Waals surface area (Å²) in [4.78, 5) is 22.5. The van der Waals surface area contributed by atoms with Gasteiger partial charge in [0.2, 0.25) is 5.91 Å². The SMILES string of the molecule is COC(C)CCC(=O)NCc1ccccc1CC(=O)O. The van der Waals surface area contributed by atoms with Crippen molar-refractivity contribution >= 4 is 11.9 Å². The van der Waals surface area contributed by atoms with Gasteiger partial charge in [-0.3, -0.25) is 9.59 Å². The first-order valence-electron chi connectivity index (χ1n) is 6.61. The summed E-state index contributed by atoms with van der Waals surface area (Å²) in [5, 5.41) is 11.6. The lowest BCUT2D eigenvalue weighted by atomic mass is 10.0. The molecule has 0 aliphatic carbocycles. The minimum absolute atomic E-state index is 0.0350. The maximum absolute atomic E-state index is 11.7. The van der Waals surface area contributed by atoms with E-state index in [4.69, 9.17) is 9.84 Å². The molecule has 0 heterocycles. The number of methoxy groups -OCH3 is 1. The Morgan fingerprint density at radius 1 is 1.30 bits per heavy atom. The minimum Gasteiger partial charge on any atom is -0.481 e. The number of aliphatic carboxylic acids is 1.